The van der Waals surface area contributed by atoms with Gasteiger partial charge in [-0.05, 0) is 37.7 Å². The highest BCUT2D eigenvalue weighted by atomic mass is 32.2. The molecule has 3 aromatic rings. The van der Waals surface area contributed by atoms with Crippen LogP contribution in [0.15, 0.2) is 28.8 Å². The van der Waals surface area contributed by atoms with Crippen LogP contribution in [-0.4, -0.2) is 25.9 Å². The molecule has 6 nitrogen and oxygen atoms in total. The van der Waals surface area contributed by atoms with Crippen LogP contribution >= 0.6 is 11.8 Å². The fourth-order valence-corrected chi connectivity index (χ4v) is 3.46. The van der Waals surface area contributed by atoms with Gasteiger partial charge in [0.05, 0.1) is 22.3 Å². The summed E-state index contributed by atoms with van der Waals surface area (Å²) in [5.74, 6) is 3.08. The van der Waals surface area contributed by atoms with E-state index in [4.69, 9.17) is 15.2 Å². The average molecular weight is 329 g/mol. The maximum atomic E-state index is 6.27. The molecule has 1 fully saturated rings. The van der Waals surface area contributed by atoms with E-state index in [1.54, 1.807) is 11.8 Å². The number of nitrogens with zero attached hydrogens (tertiary/aromatic N) is 4. The topological polar surface area (TPSA) is 82.8 Å². The number of fused-ring (bicyclic) bond motifs is 1. The van der Waals surface area contributed by atoms with Crippen molar-refractivity contribution in [2.24, 2.45) is 5.73 Å². The number of thioether (sulfide) groups is 1. The van der Waals surface area contributed by atoms with Gasteiger partial charge < -0.3 is 14.8 Å². The Hall–Kier alpha value is -1.86. The Morgan fingerprint density at radius 2 is 2.13 bits per heavy atom. The molecule has 0 radical (unpaired) electrons. The van der Waals surface area contributed by atoms with Gasteiger partial charge in [0, 0.05) is 0 Å². The van der Waals surface area contributed by atoms with Crippen LogP contribution in [-0.2, 0) is 17.8 Å². The lowest BCUT2D eigenvalue weighted by Gasteiger charge is -2.34. The minimum atomic E-state index is -0.388. The number of para-hydroxylation sites is 2. The molecule has 0 amide bonds. The number of hydrogen-bond donors (Lipinski definition) is 1. The number of imidazole rings is 1. The molecule has 0 spiro atoms. The third-order valence-electron chi connectivity index (χ3n) is 4.46. The molecule has 1 aromatic carbocycles. The maximum Gasteiger partial charge on any atom is 0.246 e. The van der Waals surface area contributed by atoms with Crippen molar-refractivity contribution in [3.05, 3.63) is 41.8 Å². The SMILES string of the molecule is CSCc1nc2ccccc2n1Cc1nc(C2(N)CCC2)no1. The van der Waals surface area contributed by atoms with E-state index in [1.807, 2.05) is 18.2 Å². The molecule has 120 valence electrons. The molecule has 0 atom stereocenters. The van der Waals surface area contributed by atoms with E-state index in [2.05, 4.69) is 27.0 Å². The van der Waals surface area contributed by atoms with Gasteiger partial charge in [-0.15, -0.1) is 0 Å². The van der Waals surface area contributed by atoms with Crippen molar-refractivity contribution in [1.82, 2.24) is 19.7 Å². The highest BCUT2D eigenvalue weighted by molar-refractivity contribution is 7.97. The number of aromatic nitrogens is 4. The van der Waals surface area contributed by atoms with Gasteiger partial charge in [0.1, 0.15) is 12.4 Å². The lowest BCUT2D eigenvalue weighted by molar-refractivity contribution is 0.229. The Morgan fingerprint density at radius 1 is 1.30 bits per heavy atom. The molecule has 2 heterocycles. The third-order valence-corrected chi connectivity index (χ3v) is 5.01. The van der Waals surface area contributed by atoms with E-state index in [1.165, 1.54) is 0 Å². The monoisotopic (exact) mass is 329 g/mol. The van der Waals surface area contributed by atoms with Crippen LogP contribution in [0.4, 0.5) is 0 Å². The van der Waals surface area contributed by atoms with Gasteiger partial charge in [0.2, 0.25) is 5.89 Å². The van der Waals surface area contributed by atoms with E-state index in [0.717, 1.165) is 41.9 Å². The van der Waals surface area contributed by atoms with E-state index in [-0.39, 0.29) is 5.54 Å². The van der Waals surface area contributed by atoms with E-state index >= 15 is 0 Å². The average Bonchev–Trinajstić information content (AvgIpc) is 3.12. The van der Waals surface area contributed by atoms with Gasteiger partial charge in [-0.3, -0.25) is 0 Å². The summed E-state index contributed by atoms with van der Waals surface area (Å²) in [5, 5.41) is 4.10. The summed E-state index contributed by atoms with van der Waals surface area (Å²) in [6, 6.07) is 8.12. The molecule has 4 rings (SSSR count). The second-order valence-electron chi connectivity index (χ2n) is 6.06. The van der Waals surface area contributed by atoms with Gasteiger partial charge in [-0.2, -0.15) is 16.7 Å². The zero-order valence-electron chi connectivity index (χ0n) is 13.0. The Labute approximate surface area is 138 Å². The minimum Gasteiger partial charge on any atom is -0.337 e. The third kappa shape index (κ3) is 2.53. The van der Waals surface area contributed by atoms with Gasteiger partial charge >= 0.3 is 0 Å². The Kier molecular flexibility index (Phi) is 3.61. The smallest absolute Gasteiger partial charge is 0.246 e. The number of hydrogen-bond acceptors (Lipinski definition) is 6. The van der Waals surface area contributed by atoms with Gasteiger partial charge in [-0.25, -0.2) is 4.98 Å². The summed E-state index contributed by atoms with van der Waals surface area (Å²) in [7, 11) is 0. The standard InChI is InChI=1S/C16H19N5OS/c1-23-10-13-18-11-5-2-3-6-12(11)21(13)9-14-19-15(20-22-14)16(17)7-4-8-16/h2-3,5-6H,4,7-10,17H2,1H3. The molecule has 0 unspecified atom stereocenters. The van der Waals surface area contributed by atoms with Crippen molar-refractivity contribution in [3.63, 3.8) is 0 Å². The van der Waals surface area contributed by atoms with E-state index < -0.39 is 0 Å². The fraction of sp³-hybridized carbons (Fsp3) is 0.438. The largest absolute Gasteiger partial charge is 0.337 e. The predicted octanol–water partition coefficient (Wildman–Crippen LogP) is 2.67. The molecule has 0 aliphatic heterocycles. The first-order chi connectivity index (χ1) is 11.2. The fourth-order valence-electron chi connectivity index (χ4n) is 2.98. The molecule has 1 saturated carbocycles. The summed E-state index contributed by atoms with van der Waals surface area (Å²) in [6.45, 7) is 0.527. The first kappa shape index (κ1) is 14.7. The van der Waals surface area contributed by atoms with Crippen molar-refractivity contribution in [1.29, 1.82) is 0 Å². The predicted molar refractivity (Wildman–Crippen MR) is 90.1 cm³/mol. The lowest BCUT2D eigenvalue weighted by atomic mass is 9.77. The van der Waals surface area contributed by atoms with E-state index in [0.29, 0.717) is 18.3 Å². The Balaban J connectivity index is 1.68. The second kappa shape index (κ2) is 5.65. The number of rotatable bonds is 5. The molecule has 0 bridgehead atoms. The quantitative estimate of drug-likeness (QED) is 0.775. The second-order valence-corrected chi connectivity index (χ2v) is 6.92. The van der Waals surface area contributed by atoms with Crippen LogP contribution in [0, 0.1) is 0 Å². The summed E-state index contributed by atoms with van der Waals surface area (Å²) >= 11 is 1.75. The van der Waals surface area contributed by atoms with Gasteiger partial charge in [-0.1, -0.05) is 17.3 Å². The first-order valence-electron chi connectivity index (χ1n) is 7.75. The molecule has 23 heavy (non-hydrogen) atoms. The van der Waals surface area contributed by atoms with Crippen molar-refractivity contribution in [3.8, 4) is 0 Å². The number of nitrogens with two attached hydrogens (primary N) is 1. The highest BCUT2D eigenvalue weighted by Crippen LogP contribution is 2.37. The highest BCUT2D eigenvalue weighted by Gasteiger charge is 2.39. The van der Waals surface area contributed by atoms with Crippen molar-refractivity contribution >= 4 is 22.8 Å². The van der Waals surface area contributed by atoms with Crippen LogP contribution in [0.2, 0.25) is 0 Å². The van der Waals surface area contributed by atoms with Gasteiger partial charge in [0.15, 0.2) is 5.82 Å². The van der Waals surface area contributed by atoms with Crippen LogP contribution in [0.5, 0.6) is 0 Å². The van der Waals surface area contributed by atoms with Gasteiger partial charge in [0.25, 0.3) is 0 Å². The number of benzene rings is 1. The van der Waals surface area contributed by atoms with Crippen LogP contribution < -0.4 is 5.73 Å². The maximum absolute atomic E-state index is 6.27. The molecule has 2 aromatic heterocycles. The Morgan fingerprint density at radius 3 is 2.87 bits per heavy atom. The molecular weight excluding hydrogens is 310 g/mol. The molecular formula is C16H19N5OS. The Bertz CT molecular complexity index is 836. The summed E-state index contributed by atoms with van der Waals surface area (Å²) in [6.07, 6.45) is 5.06. The summed E-state index contributed by atoms with van der Waals surface area (Å²) in [5.41, 5.74) is 7.96. The molecule has 1 aliphatic carbocycles. The van der Waals surface area contributed by atoms with Crippen molar-refractivity contribution in [2.45, 2.75) is 37.1 Å². The lowest BCUT2D eigenvalue weighted by Crippen LogP contribution is -2.44. The zero-order chi connectivity index (χ0) is 15.9. The summed E-state index contributed by atoms with van der Waals surface area (Å²) in [4.78, 5) is 9.24. The van der Waals surface area contributed by atoms with Crippen molar-refractivity contribution < 1.29 is 4.52 Å². The van der Waals surface area contributed by atoms with E-state index in [9.17, 15) is 0 Å². The van der Waals surface area contributed by atoms with Crippen LogP contribution in [0.25, 0.3) is 11.0 Å². The molecule has 2 N–H and O–H groups in total. The zero-order valence-corrected chi connectivity index (χ0v) is 13.8. The normalized spacial score (nSPS) is 16.6. The molecule has 7 heteroatoms. The minimum absolute atomic E-state index is 0.388. The van der Waals surface area contributed by atoms with Crippen LogP contribution in [0.3, 0.4) is 0 Å². The first-order valence-corrected chi connectivity index (χ1v) is 9.14. The molecule has 1 aliphatic rings. The molecule has 0 saturated heterocycles. The van der Waals surface area contributed by atoms with Crippen LogP contribution in [0.1, 0.15) is 36.8 Å². The van der Waals surface area contributed by atoms with Crippen molar-refractivity contribution in [2.75, 3.05) is 6.26 Å². The summed E-state index contributed by atoms with van der Waals surface area (Å²) < 4.78 is 7.59.